The maximum atomic E-state index is 12.9. The average molecular weight is 524 g/mol. The van der Waals surface area contributed by atoms with Crippen LogP contribution in [0.25, 0.3) is 11.0 Å². The molecule has 2 aliphatic heterocycles. The molecule has 194 valence electrons. The van der Waals surface area contributed by atoms with Gasteiger partial charge in [-0.05, 0) is 36.8 Å². The quantitative estimate of drug-likeness (QED) is 0.407. The number of aromatic nitrogens is 2. The van der Waals surface area contributed by atoms with Crippen LogP contribution in [-0.4, -0.2) is 83.5 Å². The van der Waals surface area contributed by atoms with Gasteiger partial charge < -0.3 is 25.2 Å². The Bertz CT molecular complexity index is 1310. The summed E-state index contributed by atoms with van der Waals surface area (Å²) < 4.78 is 11.1. The number of anilines is 1. The zero-order chi connectivity index (χ0) is 25.8. The highest BCUT2D eigenvalue weighted by atomic mass is 32.2. The van der Waals surface area contributed by atoms with Gasteiger partial charge in [-0.25, -0.2) is 9.97 Å². The summed E-state index contributed by atoms with van der Waals surface area (Å²) in [6.45, 7) is 2.47. The SMILES string of the molecule is COc1ccc2ncc(OCCN3CC[C@@H](NC(=O)c4ccc5c(c4)NC(=O)CS5)[C@@H](CO)C3)nc2c1. The Labute approximate surface area is 218 Å². The zero-order valence-corrected chi connectivity index (χ0v) is 21.3. The molecule has 0 radical (unpaired) electrons. The molecule has 5 rings (SSSR count). The molecule has 0 bridgehead atoms. The summed E-state index contributed by atoms with van der Waals surface area (Å²) >= 11 is 1.46. The molecule has 3 N–H and O–H groups in total. The van der Waals surface area contributed by atoms with Gasteiger partial charge in [-0.1, -0.05) is 0 Å². The van der Waals surface area contributed by atoms with E-state index >= 15 is 0 Å². The minimum Gasteiger partial charge on any atom is -0.497 e. The molecule has 1 aromatic heterocycles. The second-order valence-electron chi connectivity index (χ2n) is 9.07. The van der Waals surface area contributed by atoms with Gasteiger partial charge in [-0.3, -0.25) is 14.5 Å². The van der Waals surface area contributed by atoms with Crippen molar-refractivity contribution in [2.75, 3.05) is 51.0 Å². The highest BCUT2D eigenvalue weighted by molar-refractivity contribution is 8.00. The molecule has 0 unspecified atom stereocenters. The number of fused-ring (bicyclic) bond motifs is 2. The van der Waals surface area contributed by atoms with E-state index in [1.807, 2.05) is 24.3 Å². The van der Waals surface area contributed by atoms with Crippen molar-refractivity contribution in [3.63, 3.8) is 0 Å². The largest absolute Gasteiger partial charge is 0.497 e. The molecule has 2 atom stereocenters. The van der Waals surface area contributed by atoms with Crippen molar-refractivity contribution in [1.29, 1.82) is 0 Å². The van der Waals surface area contributed by atoms with Gasteiger partial charge in [0.05, 0.1) is 35.8 Å². The van der Waals surface area contributed by atoms with E-state index in [2.05, 4.69) is 25.5 Å². The zero-order valence-electron chi connectivity index (χ0n) is 20.5. The first kappa shape index (κ1) is 25.2. The lowest BCUT2D eigenvalue weighted by molar-refractivity contribution is -0.113. The third-order valence-corrected chi connectivity index (χ3v) is 7.70. The molecule has 2 aliphatic rings. The smallest absolute Gasteiger partial charge is 0.251 e. The summed E-state index contributed by atoms with van der Waals surface area (Å²) in [5, 5.41) is 15.9. The number of methoxy groups -OCH3 is 1. The van der Waals surface area contributed by atoms with Crippen LogP contribution in [0.15, 0.2) is 47.5 Å². The van der Waals surface area contributed by atoms with Crippen LogP contribution < -0.4 is 20.1 Å². The number of hydrogen-bond acceptors (Lipinski definition) is 9. The van der Waals surface area contributed by atoms with Gasteiger partial charge in [0.15, 0.2) is 0 Å². The van der Waals surface area contributed by atoms with Crippen molar-refractivity contribution in [1.82, 2.24) is 20.2 Å². The first-order valence-corrected chi connectivity index (χ1v) is 13.2. The van der Waals surface area contributed by atoms with Gasteiger partial charge in [0.1, 0.15) is 12.4 Å². The number of thioether (sulfide) groups is 1. The number of ether oxygens (including phenoxy) is 2. The average Bonchev–Trinajstić information content (AvgIpc) is 2.92. The van der Waals surface area contributed by atoms with Gasteiger partial charge in [0, 0.05) is 54.7 Å². The number of carbonyl (C=O) groups excluding carboxylic acids is 2. The van der Waals surface area contributed by atoms with Gasteiger partial charge in [0.2, 0.25) is 11.8 Å². The van der Waals surface area contributed by atoms with Crippen LogP contribution >= 0.6 is 11.8 Å². The third kappa shape index (κ3) is 5.95. The number of benzene rings is 2. The monoisotopic (exact) mass is 523 g/mol. The van der Waals surface area contributed by atoms with Crippen molar-refractivity contribution in [2.24, 2.45) is 5.92 Å². The minimum absolute atomic E-state index is 0.0306. The number of likely N-dealkylation sites (tertiary alicyclic amines) is 1. The van der Waals surface area contributed by atoms with Gasteiger partial charge in [-0.2, -0.15) is 0 Å². The summed E-state index contributed by atoms with van der Waals surface area (Å²) in [5.41, 5.74) is 2.62. The number of rotatable bonds is 8. The van der Waals surface area contributed by atoms with Gasteiger partial charge in [0.25, 0.3) is 5.91 Å². The molecule has 3 aromatic rings. The number of amides is 2. The standard InChI is InChI=1S/C26H29N5O5S/c1-35-18-3-4-20-21(11-18)29-25(12-27-20)36-9-8-31-7-6-19(17(13-31)14-32)30-26(34)16-2-5-23-22(10-16)28-24(33)15-37-23/h2-5,10-12,17,19,32H,6-9,13-15H2,1H3,(H,28,33)(H,30,34)/t17-,19-/m1/s1. The van der Waals surface area contributed by atoms with E-state index < -0.39 is 0 Å². The predicted molar refractivity (Wildman–Crippen MR) is 140 cm³/mol. The van der Waals surface area contributed by atoms with E-state index in [0.717, 1.165) is 17.0 Å². The number of carbonyl (C=O) groups is 2. The first-order valence-electron chi connectivity index (χ1n) is 12.2. The highest BCUT2D eigenvalue weighted by Crippen LogP contribution is 2.32. The van der Waals surface area contributed by atoms with Crippen LogP contribution in [-0.2, 0) is 4.79 Å². The molecule has 2 aromatic carbocycles. The second-order valence-corrected chi connectivity index (χ2v) is 10.1. The highest BCUT2D eigenvalue weighted by Gasteiger charge is 2.30. The summed E-state index contributed by atoms with van der Waals surface area (Å²) in [7, 11) is 1.61. The minimum atomic E-state index is -0.209. The van der Waals surface area contributed by atoms with Crippen LogP contribution in [0.4, 0.5) is 5.69 Å². The fourth-order valence-corrected chi connectivity index (χ4v) is 5.40. The molecule has 1 saturated heterocycles. The normalized spacial score (nSPS) is 19.7. The maximum absolute atomic E-state index is 12.9. The third-order valence-electron chi connectivity index (χ3n) is 6.63. The number of hydrogen-bond donors (Lipinski definition) is 3. The van der Waals surface area contributed by atoms with Gasteiger partial charge in [-0.15, -0.1) is 11.8 Å². The van der Waals surface area contributed by atoms with Crippen molar-refractivity contribution >= 4 is 40.3 Å². The van der Waals surface area contributed by atoms with Crippen LogP contribution in [0.1, 0.15) is 16.8 Å². The van der Waals surface area contributed by atoms with Crippen LogP contribution in [0.5, 0.6) is 11.6 Å². The van der Waals surface area contributed by atoms with Gasteiger partial charge >= 0.3 is 0 Å². The summed E-state index contributed by atoms with van der Waals surface area (Å²) in [5.74, 6) is 1.16. The first-order chi connectivity index (χ1) is 18.0. The Hall–Kier alpha value is -3.41. The van der Waals surface area contributed by atoms with Crippen LogP contribution in [0.3, 0.4) is 0 Å². The van der Waals surface area contributed by atoms with E-state index in [1.165, 1.54) is 11.8 Å². The number of aliphatic hydroxyl groups is 1. The Balaban J connectivity index is 1.13. The topological polar surface area (TPSA) is 126 Å². The van der Waals surface area contributed by atoms with Crippen LogP contribution in [0.2, 0.25) is 0 Å². The molecule has 0 saturated carbocycles. The van der Waals surface area contributed by atoms with Crippen molar-refractivity contribution in [3.8, 4) is 11.6 Å². The van der Waals surface area contributed by atoms with Crippen molar-refractivity contribution in [2.45, 2.75) is 17.4 Å². The molecule has 3 heterocycles. The molecule has 0 aliphatic carbocycles. The van der Waals surface area contributed by atoms with Crippen molar-refractivity contribution < 1.29 is 24.2 Å². The Morgan fingerprint density at radius 1 is 1.27 bits per heavy atom. The predicted octanol–water partition coefficient (Wildman–Crippen LogP) is 2.17. The molecule has 11 heteroatoms. The van der Waals surface area contributed by atoms with E-state index in [-0.39, 0.29) is 30.4 Å². The molecule has 0 spiro atoms. The van der Waals surface area contributed by atoms with Crippen LogP contribution in [0, 0.1) is 5.92 Å². The summed E-state index contributed by atoms with van der Waals surface area (Å²) in [6.07, 6.45) is 2.32. The fourth-order valence-electron chi connectivity index (χ4n) is 4.61. The Morgan fingerprint density at radius 3 is 3.00 bits per heavy atom. The molecular formula is C26H29N5O5S. The Kier molecular flexibility index (Phi) is 7.73. The van der Waals surface area contributed by atoms with E-state index in [1.54, 1.807) is 25.4 Å². The van der Waals surface area contributed by atoms with E-state index in [9.17, 15) is 14.7 Å². The summed E-state index contributed by atoms with van der Waals surface area (Å²) in [4.78, 5) is 36.7. The number of nitrogens with zero attached hydrogens (tertiary/aromatic N) is 3. The molecule has 37 heavy (non-hydrogen) atoms. The number of nitrogens with one attached hydrogen (secondary N) is 2. The van der Waals surface area contributed by atoms with Crippen molar-refractivity contribution in [3.05, 3.63) is 48.2 Å². The molecular weight excluding hydrogens is 494 g/mol. The van der Waals surface area contributed by atoms with E-state index in [4.69, 9.17) is 9.47 Å². The maximum Gasteiger partial charge on any atom is 0.251 e. The Morgan fingerprint density at radius 2 is 2.16 bits per heavy atom. The fraction of sp³-hybridized carbons (Fsp3) is 0.385. The molecule has 1 fully saturated rings. The molecule has 10 nitrogen and oxygen atoms in total. The number of aliphatic hydroxyl groups excluding tert-OH is 1. The lowest BCUT2D eigenvalue weighted by Crippen LogP contribution is -2.52. The number of piperidine rings is 1. The molecule has 2 amide bonds. The lowest BCUT2D eigenvalue weighted by atomic mass is 9.92. The second kappa shape index (κ2) is 11.3. The lowest BCUT2D eigenvalue weighted by Gasteiger charge is -2.38. The van der Waals surface area contributed by atoms with E-state index in [0.29, 0.717) is 60.3 Å². The summed E-state index contributed by atoms with van der Waals surface area (Å²) in [6, 6.07) is 10.7.